The van der Waals surface area contributed by atoms with Gasteiger partial charge in [-0.2, -0.15) is 0 Å². The largest absolute Gasteiger partial charge is 0.507 e. The minimum Gasteiger partial charge on any atom is -0.507 e. The maximum Gasteiger partial charge on any atom is 0.336 e. The molecule has 1 N–H and O–H groups in total. The molecule has 2 heterocycles. The second-order valence-corrected chi connectivity index (χ2v) is 7.88. The fraction of sp³-hybridized carbons (Fsp3) is 0.429. The first-order chi connectivity index (χ1) is 14.0. The van der Waals surface area contributed by atoms with Gasteiger partial charge in [-0.25, -0.2) is 14.4 Å². The molecule has 0 bridgehead atoms. The van der Waals surface area contributed by atoms with E-state index in [-0.39, 0.29) is 17.2 Å². The molecule has 7 nitrogen and oxygen atoms in total. The zero-order valence-corrected chi connectivity index (χ0v) is 16.5. The van der Waals surface area contributed by atoms with Crippen molar-refractivity contribution in [2.75, 3.05) is 0 Å². The summed E-state index contributed by atoms with van der Waals surface area (Å²) in [5.41, 5.74) is 1.75. The molecule has 0 radical (unpaired) electrons. The topological polar surface area (TPSA) is 86.0 Å². The van der Waals surface area contributed by atoms with Crippen LogP contribution in [0, 0.1) is 5.41 Å². The first-order valence-corrected chi connectivity index (χ1v) is 9.79. The molecule has 0 unspecified atom stereocenters. The maximum atomic E-state index is 14.3. The molecule has 8 heteroatoms. The highest BCUT2D eigenvalue weighted by molar-refractivity contribution is 5.67. The number of aromatic hydroxyl groups is 1. The van der Waals surface area contributed by atoms with Crippen molar-refractivity contribution in [2.24, 2.45) is 5.41 Å². The summed E-state index contributed by atoms with van der Waals surface area (Å²) in [5.74, 6) is 0.0517. The van der Waals surface area contributed by atoms with Crippen LogP contribution >= 0.6 is 0 Å². The van der Waals surface area contributed by atoms with Gasteiger partial charge in [-0.05, 0) is 36.8 Å². The highest BCUT2D eigenvalue weighted by Gasteiger charge is 2.38. The standard InChI is InChI=1S/C21H24FN5O2/c1-3-21(2)7-6-16(22)19(11-21)29-20-24-12-17(25-26-20)15-5-4-14(10-18(15)28)27-9-8-23-13-27/h4-5,8-10,12-13,16,19,28H,3,6-7,11H2,1-2H3/t16-,19+,21+/m1/s1. The van der Waals surface area contributed by atoms with Crippen LogP contribution < -0.4 is 4.74 Å². The summed E-state index contributed by atoms with van der Waals surface area (Å²) in [7, 11) is 0. The SMILES string of the molecule is CC[C@@]1(C)CC[C@@H](F)[C@@H](Oc2ncc(-c3ccc(-n4ccnc4)cc3O)nn2)C1. The summed E-state index contributed by atoms with van der Waals surface area (Å²) in [4.78, 5) is 8.18. The van der Waals surface area contributed by atoms with Gasteiger partial charge in [0.2, 0.25) is 0 Å². The second-order valence-electron chi connectivity index (χ2n) is 7.88. The number of aromatic nitrogens is 5. The second kappa shape index (κ2) is 7.77. The van der Waals surface area contributed by atoms with Gasteiger partial charge in [0.05, 0.1) is 18.2 Å². The van der Waals surface area contributed by atoms with Crippen LogP contribution in [0.25, 0.3) is 16.9 Å². The van der Waals surface area contributed by atoms with Gasteiger partial charge >= 0.3 is 6.01 Å². The molecule has 0 spiro atoms. The number of ether oxygens (including phenoxy) is 1. The molecular weight excluding hydrogens is 373 g/mol. The molecule has 1 aliphatic carbocycles. The zero-order valence-electron chi connectivity index (χ0n) is 16.5. The van der Waals surface area contributed by atoms with E-state index in [1.807, 2.05) is 6.07 Å². The summed E-state index contributed by atoms with van der Waals surface area (Å²) in [6.45, 7) is 4.28. The highest BCUT2D eigenvalue weighted by atomic mass is 19.1. The molecule has 2 aromatic heterocycles. The number of nitrogens with zero attached hydrogens (tertiary/aromatic N) is 5. The van der Waals surface area contributed by atoms with Crippen LogP contribution in [-0.2, 0) is 0 Å². The minimum atomic E-state index is -1.03. The van der Waals surface area contributed by atoms with E-state index in [2.05, 4.69) is 34.0 Å². The molecule has 0 amide bonds. The monoisotopic (exact) mass is 397 g/mol. The van der Waals surface area contributed by atoms with Gasteiger partial charge in [0, 0.05) is 24.0 Å². The molecule has 4 rings (SSSR count). The predicted octanol–water partition coefficient (Wildman–Crippen LogP) is 4.12. The first-order valence-electron chi connectivity index (χ1n) is 9.79. The van der Waals surface area contributed by atoms with E-state index in [4.69, 9.17) is 4.74 Å². The Kier molecular flexibility index (Phi) is 5.17. The van der Waals surface area contributed by atoms with Crippen molar-refractivity contribution in [3.8, 4) is 28.7 Å². The van der Waals surface area contributed by atoms with Crippen molar-refractivity contribution < 1.29 is 14.2 Å². The Morgan fingerprint density at radius 3 is 2.86 bits per heavy atom. The van der Waals surface area contributed by atoms with Crippen LogP contribution in [0.4, 0.5) is 4.39 Å². The summed E-state index contributed by atoms with van der Waals surface area (Å²) >= 11 is 0. The van der Waals surface area contributed by atoms with Crippen LogP contribution in [0.3, 0.4) is 0 Å². The summed E-state index contributed by atoms with van der Waals surface area (Å²) in [6, 6.07) is 5.24. The number of alkyl halides is 1. The summed E-state index contributed by atoms with van der Waals surface area (Å²) < 4.78 is 21.8. The Bertz CT molecular complexity index is 964. The van der Waals surface area contributed by atoms with Crippen molar-refractivity contribution in [2.45, 2.75) is 51.8 Å². The Morgan fingerprint density at radius 1 is 1.34 bits per heavy atom. The molecular formula is C21H24FN5O2. The van der Waals surface area contributed by atoms with Gasteiger partial charge in [0.1, 0.15) is 23.7 Å². The third-order valence-corrected chi connectivity index (χ3v) is 5.83. The van der Waals surface area contributed by atoms with E-state index in [0.717, 1.165) is 18.5 Å². The smallest absolute Gasteiger partial charge is 0.336 e. The fourth-order valence-electron chi connectivity index (χ4n) is 3.71. The van der Waals surface area contributed by atoms with Crippen LogP contribution in [0.15, 0.2) is 43.1 Å². The lowest BCUT2D eigenvalue weighted by Gasteiger charge is -2.38. The van der Waals surface area contributed by atoms with Gasteiger partial charge in [-0.15, -0.1) is 5.10 Å². The average molecular weight is 397 g/mol. The fourth-order valence-corrected chi connectivity index (χ4v) is 3.71. The number of benzene rings is 1. The zero-order chi connectivity index (χ0) is 20.4. The Hall–Kier alpha value is -3.03. The number of hydrogen-bond acceptors (Lipinski definition) is 6. The normalized spacial score (nSPS) is 24.4. The lowest BCUT2D eigenvalue weighted by atomic mass is 9.72. The number of halogens is 1. The summed E-state index contributed by atoms with van der Waals surface area (Å²) in [5, 5.41) is 18.5. The van der Waals surface area contributed by atoms with Crippen molar-refractivity contribution in [1.82, 2.24) is 24.7 Å². The third kappa shape index (κ3) is 4.06. The van der Waals surface area contributed by atoms with Gasteiger partial charge < -0.3 is 14.4 Å². The maximum absolute atomic E-state index is 14.3. The van der Waals surface area contributed by atoms with Gasteiger partial charge in [-0.1, -0.05) is 25.4 Å². The number of imidazole rings is 1. The number of hydrogen-bond donors (Lipinski definition) is 1. The van der Waals surface area contributed by atoms with E-state index >= 15 is 0 Å². The minimum absolute atomic E-state index is 0.0517. The lowest BCUT2D eigenvalue weighted by Crippen LogP contribution is -2.40. The highest BCUT2D eigenvalue weighted by Crippen LogP contribution is 2.41. The molecule has 3 aromatic rings. The van der Waals surface area contributed by atoms with Crippen LogP contribution in [0.1, 0.15) is 39.5 Å². The molecule has 0 saturated heterocycles. The first kappa shape index (κ1) is 19.3. The quantitative estimate of drug-likeness (QED) is 0.697. The molecule has 1 fully saturated rings. The van der Waals surface area contributed by atoms with Gasteiger partial charge in [-0.3, -0.25) is 0 Å². The number of phenols is 1. The van der Waals surface area contributed by atoms with E-state index in [1.165, 1.54) is 6.20 Å². The molecule has 1 aromatic carbocycles. The van der Waals surface area contributed by atoms with E-state index in [0.29, 0.717) is 24.1 Å². The Morgan fingerprint density at radius 2 is 2.21 bits per heavy atom. The molecule has 29 heavy (non-hydrogen) atoms. The van der Waals surface area contributed by atoms with Gasteiger partial charge in [0.15, 0.2) is 0 Å². The van der Waals surface area contributed by atoms with Crippen molar-refractivity contribution in [3.63, 3.8) is 0 Å². The molecule has 3 atom stereocenters. The van der Waals surface area contributed by atoms with E-state index in [9.17, 15) is 9.50 Å². The van der Waals surface area contributed by atoms with Crippen molar-refractivity contribution in [3.05, 3.63) is 43.1 Å². The number of rotatable bonds is 5. The predicted molar refractivity (Wildman–Crippen MR) is 106 cm³/mol. The molecule has 0 aliphatic heterocycles. The Balaban J connectivity index is 1.49. The molecule has 1 aliphatic rings. The van der Waals surface area contributed by atoms with Crippen molar-refractivity contribution >= 4 is 0 Å². The molecule has 1 saturated carbocycles. The van der Waals surface area contributed by atoms with E-state index < -0.39 is 12.3 Å². The Labute approximate surface area is 168 Å². The molecule has 152 valence electrons. The van der Waals surface area contributed by atoms with Crippen molar-refractivity contribution in [1.29, 1.82) is 0 Å². The third-order valence-electron chi connectivity index (χ3n) is 5.83. The van der Waals surface area contributed by atoms with Crippen LogP contribution in [0.2, 0.25) is 0 Å². The summed E-state index contributed by atoms with van der Waals surface area (Å²) in [6.07, 6.45) is 7.93. The van der Waals surface area contributed by atoms with E-state index in [1.54, 1.807) is 35.4 Å². The van der Waals surface area contributed by atoms with Crippen LogP contribution in [-0.4, -0.2) is 42.1 Å². The average Bonchev–Trinajstić information content (AvgIpc) is 3.27. The van der Waals surface area contributed by atoms with Crippen LogP contribution in [0.5, 0.6) is 11.8 Å². The number of phenolic OH excluding ortho intramolecular Hbond substituents is 1. The lowest BCUT2D eigenvalue weighted by molar-refractivity contribution is -0.0000745. The van der Waals surface area contributed by atoms with Gasteiger partial charge in [0.25, 0.3) is 0 Å².